The third kappa shape index (κ3) is 3.46. The van der Waals surface area contributed by atoms with Crippen LogP contribution in [0, 0.1) is 5.92 Å². The molecule has 0 bridgehead atoms. The minimum atomic E-state index is 0.182. The third-order valence-corrected chi connectivity index (χ3v) is 4.55. The summed E-state index contributed by atoms with van der Waals surface area (Å²) in [5.41, 5.74) is 10.9. The quantitative estimate of drug-likeness (QED) is 0.645. The molecule has 4 N–H and O–H groups in total. The molecule has 5 heteroatoms. The number of hydrogen-bond acceptors (Lipinski definition) is 3. The normalized spacial score (nSPS) is 19.6. The van der Waals surface area contributed by atoms with Crippen molar-refractivity contribution < 1.29 is 0 Å². The zero-order valence-corrected chi connectivity index (χ0v) is 11.7. The van der Waals surface area contributed by atoms with Gasteiger partial charge in [-0.05, 0) is 43.3 Å². The van der Waals surface area contributed by atoms with E-state index in [1.165, 1.54) is 17.7 Å². The molecule has 0 spiro atoms. The summed E-state index contributed by atoms with van der Waals surface area (Å²) >= 11 is 1.78. The average molecular weight is 266 g/mol. The predicted octanol–water partition coefficient (Wildman–Crippen LogP) is 1.79. The molecule has 1 saturated heterocycles. The highest BCUT2D eigenvalue weighted by molar-refractivity contribution is 7.10. The molecule has 0 radical (unpaired) electrons. The Morgan fingerprint density at radius 3 is 2.78 bits per heavy atom. The topological polar surface area (TPSA) is 67.6 Å². The summed E-state index contributed by atoms with van der Waals surface area (Å²) in [6.45, 7) is 5.28. The molecule has 1 aliphatic rings. The van der Waals surface area contributed by atoms with E-state index in [0.29, 0.717) is 12.6 Å². The van der Waals surface area contributed by atoms with Gasteiger partial charge in [-0.3, -0.25) is 9.89 Å². The number of nitrogens with two attached hydrogens (primary N) is 2. The van der Waals surface area contributed by atoms with Crippen LogP contribution in [-0.4, -0.2) is 30.5 Å². The lowest BCUT2D eigenvalue weighted by Crippen LogP contribution is -2.37. The van der Waals surface area contributed by atoms with Gasteiger partial charge in [-0.2, -0.15) is 0 Å². The number of likely N-dealkylation sites (tertiary alicyclic amines) is 1. The highest BCUT2D eigenvalue weighted by atomic mass is 32.1. The van der Waals surface area contributed by atoms with Crippen molar-refractivity contribution in [3.05, 3.63) is 22.4 Å². The molecule has 0 aliphatic carbocycles. The number of piperidine rings is 1. The molecule has 4 nitrogen and oxygen atoms in total. The van der Waals surface area contributed by atoms with E-state index >= 15 is 0 Å². The molecule has 1 unspecified atom stereocenters. The molecule has 2 heterocycles. The van der Waals surface area contributed by atoms with Gasteiger partial charge in [0.05, 0.1) is 12.6 Å². The van der Waals surface area contributed by atoms with Crippen molar-refractivity contribution in [1.82, 2.24) is 4.90 Å². The standard InChI is InChI=1S/C13H22N4S/c1-10-4-6-17(7-5-10)11(9-16-13(14)15)12-3-2-8-18-12/h2-3,8,10-11H,4-7,9H2,1H3,(H4,14,15,16). The van der Waals surface area contributed by atoms with Crippen molar-refractivity contribution in [2.24, 2.45) is 22.4 Å². The summed E-state index contributed by atoms with van der Waals surface area (Å²) in [7, 11) is 0. The third-order valence-electron chi connectivity index (χ3n) is 3.58. The van der Waals surface area contributed by atoms with Crippen LogP contribution in [0.15, 0.2) is 22.5 Å². The van der Waals surface area contributed by atoms with Gasteiger partial charge in [0.15, 0.2) is 5.96 Å². The van der Waals surface area contributed by atoms with E-state index in [1.807, 2.05) is 0 Å². The molecule has 0 amide bonds. The molecule has 0 saturated carbocycles. The van der Waals surface area contributed by atoms with Gasteiger partial charge in [0, 0.05) is 4.88 Å². The van der Waals surface area contributed by atoms with Crippen LogP contribution in [0.4, 0.5) is 0 Å². The first-order valence-corrected chi connectivity index (χ1v) is 7.37. The zero-order valence-electron chi connectivity index (χ0n) is 10.9. The summed E-state index contributed by atoms with van der Waals surface area (Å²) < 4.78 is 0. The van der Waals surface area contributed by atoms with Crippen molar-refractivity contribution in [1.29, 1.82) is 0 Å². The maximum absolute atomic E-state index is 5.46. The van der Waals surface area contributed by atoms with E-state index < -0.39 is 0 Å². The highest BCUT2D eigenvalue weighted by Gasteiger charge is 2.24. The summed E-state index contributed by atoms with van der Waals surface area (Å²) in [6, 6.07) is 4.60. The molecule has 1 aromatic rings. The van der Waals surface area contributed by atoms with Crippen LogP contribution in [0.1, 0.15) is 30.7 Å². The van der Waals surface area contributed by atoms with E-state index in [9.17, 15) is 0 Å². The van der Waals surface area contributed by atoms with Gasteiger partial charge in [-0.25, -0.2) is 0 Å². The second kappa shape index (κ2) is 6.20. The SMILES string of the molecule is CC1CCN(C(CN=C(N)N)c2cccs2)CC1. The maximum Gasteiger partial charge on any atom is 0.185 e. The minimum absolute atomic E-state index is 0.182. The number of guanidine groups is 1. The summed E-state index contributed by atoms with van der Waals surface area (Å²) in [5.74, 6) is 1.02. The summed E-state index contributed by atoms with van der Waals surface area (Å²) in [6.07, 6.45) is 2.54. The number of aliphatic imine (C=N–C) groups is 1. The Morgan fingerprint density at radius 1 is 1.50 bits per heavy atom. The van der Waals surface area contributed by atoms with Crippen LogP contribution >= 0.6 is 11.3 Å². The summed E-state index contributed by atoms with van der Waals surface area (Å²) in [4.78, 5) is 8.08. The average Bonchev–Trinajstić information content (AvgIpc) is 2.85. The van der Waals surface area contributed by atoms with E-state index in [2.05, 4.69) is 34.3 Å². The number of rotatable bonds is 4. The van der Waals surface area contributed by atoms with Crippen LogP contribution in [0.25, 0.3) is 0 Å². The number of nitrogens with zero attached hydrogens (tertiary/aromatic N) is 2. The fourth-order valence-electron chi connectivity index (χ4n) is 2.40. The lowest BCUT2D eigenvalue weighted by atomic mass is 9.97. The van der Waals surface area contributed by atoms with E-state index in [-0.39, 0.29) is 5.96 Å². The Morgan fingerprint density at radius 2 is 2.22 bits per heavy atom. The van der Waals surface area contributed by atoms with Crippen molar-refractivity contribution >= 4 is 17.3 Å². The van der Waals surface area contributed by atoms with Crippen molar-refractivity contribution in [2.45, 2.75) is 25.8 Å². The Bertz CT molecular complexity index is 376. The lowest BCUT2D eigenvalue weighted by Gasteiger charge is -2.35. The van der Waals surface area contributed by atoms with Crippen LogP contribution in [-0.2, 0) is 0 Å². The predicted molar refractivity (Wildman–Crippen MR) is 77.7 cm³/mol. The van der Waals surface area contributed by atoms with E-state index in [1.54, 1.807) is 11.3 Å². The highest BCUT2D eigenvalue weighted by Crippen LogP contribution is 2.29. The molecule has 100 valence electrons. The van der Waals surface area contributed by atoms with Crippen molar-refractivity contribution in [3.63, 3.8) is 0 Å². The first-order chi connectivity index (χ1) is 8.66. The largest absolute Gasteiger partial charge is 0.370 e. The van der Waals surface area contributed by atoms with Crippen LogP contribution in [0.2, 0.25) is 0 Å². The van der Waals surface area contributed by atoms with Gasteiger partial charge in [0.25, 0.3) is 0 Å². The van der Waals surface area contributed by atoms with Crippen molar-refractivity contribution in [2.75, 3.05) is 19.6 Å². The van der Waals surface area contributed by atoms with Crippen LogP contribution < -0.4 is 11.5 Å². The lowest BCUT2D eigenvalue weighted by molar-refractivity contribution is 0.143. The molecule has 0 aromatic carbocycles. The Balaban J connectivity index is 2.07. The molecule has 1 aliphatic heterocycles. The molecule has 1 fully saturated rings. The van der Waals surface area contributed by atoms with Crippen LogP contribution in [0.3, 0.4) is 0 Å². The Kier molecular flexibility index (Phi) is 4.60. The molecule has 1 atom stereocenters. The zero-order chi connectivity index (χ0) is 13.0. The molecule has 18 heavy (non-hydrogen) atoms. The molecular weight excluding hydrogens is 244 g/mol. The fraction of sp³-hybridized carbons (Fsp3) is 0.615. The monoisotopic (exact) mass is 266 g/mol. The van der Waals surface area contributed by atoms with Gasteiger partial charge in [0.1, 0.15) is 0 Å². The second-order valence-electron chi connectivity index (χ2n) is 5.02. The smallest absolute Gasteiger partial charge is 0.185 e. The van der Waals surface area contributed by atoms with E-state index in [0.717, 1.165) is 19.0 Å². The van der Waals surface area contributed by atoms with Crippen molar-refractivity contribution in [3.8, 4) is 0 Å². The minimum Gasteiger partial charge on any atom is -0.370 e. The number of hydrogen-bond donors (Lipinski definition) is 2. The van der Waals surface area contributed by atoms with Gasteiger partial charge in [-0.15, -0.1) is 11.3 Å². The first-order valence-electron chi connectivity index (χ1n) is 6.49. The molecular formula is C13H22N4S. The van der Waals surface area contributed by atoms with Gasteiger partial charge in [-0.1, -0.05) is 13.0 Å². The number of thiophene rings is 1. The van der Waals surface area contributed by atoms with E-state index in [4.69, 9.17) is 11.5 Å². The Labute approximate surface area is 113 Å². The van der Waals surface area contributed by atoms with Gasteiger partial charge < -0.3 is 11.5 Å². The first kappa shape index (κ1) is 13.4. The molecule has 2 rings (SSSR count). The fourth-order valence-corrected chi connectivity index (χ4v) is 3.25. The van der Waals surface area contributed by atoms with Gasteiger partial charge >= 0.3 is 0 Å². The van der Waals surface area contributed by atoms with Crippen LogP contribution in [0.5, 0.6) is 0 Å². The summed E-state index contributed by atoms with van der Waals surface area (Å²) in [5, 5.41) is 2.12. The maximum atomic E-state index is 5.46. The second-order valence-corrected chi connectivity index (χ2v) is 5.99. The van der Waals surface area contributed by atoms with Gasteiger partial charge in [0.2, 0.25) is 0 Å². The molecule has 1 aromatic heterocycles. The Hall–Kier alpha value is -1.07.